The lowest BCUT2D eigenvalue weighted by molar-refractivity contribution is 0.502. The highest BCUT2D eigenvalue weighted by atomic mass is 35.5. The van der Waals surface area contributed by atoms with Gasteiger partial charge in [-0.2, -0.15) is 11.3 Å². The molecule has 0 fully saturated rings. The Kier molecular flexibility index (Phi) is 4.91. The van der Waals surface area contributed by atoms with E-state index in [1.165, 1.54) is 6.07 Å². The van der Waals surface area contributed by atoms with Gasteiger partial charge in [-0.15, -0.1) is 0 Å². The SMILES string of the molecule is CCNC(Cc1ccsc1)c1cc(F)c(Cl)cc1F. The van der Waals surface area contributed by atoms with Crippen LogP contribution in [0, 0.1) is 11.6 Å². The number of thiophene rings is 1. The maximum atomic E-state index is 13.9. The van der Waals surface area contributed by atoms with Gasteiger partial charge in [-0.1, -0.05) is 18.5 Å². The van der Waals surface area contributed by atoms with Crippen molar-refractivity contribution in [3.8, 4) is 0 Å². The zero-order valence-corrected chi connectivity index (χ0v) is 12.0. The van der Waals surface area contributed by atoms with Crippen molar-refractivity contribution in [3.05, 3.63) is 56.7 Å². The third-order valence-corrected chi connectivity index (χ3v) is 3.91. The van der Waals surface area contributed by atoms with Crippen LogP contribution in [-0.4, -0.2) is 6.54 Å². The molecule has 0 bridgehead atoms. The highest BCUT2D eigenvalue weighted by molar-refractivity contribution is 7.07. The molecule has 1 N–H and O–H groups in total. The molecule has 0 radical (unpaired) electrons. The molecule has 0 saturated carbocycles. The first-order valence-corrected chi connectivity index (χ1v) is 7.32. The van der Waals surface area contributed by atoms with Crippen LogP contribution >= 0.6 is 22.9 Å². The summed E-state index contributed by atoms with van der Waals surface area (Å²) < 4.78 is 27.5. The highest BCUT2D eigenvalue weighted by Gasteiger charge is 2.18. The summed E-state index contributed by atoms with van der Waals surface area (Å²) in [5.41, 5.74) is 1.42. The van der Waals surface area contributed by atoms with Crippen LogP contribution in [-0.2, 0) is 6.42 Å². The van der Waals surface area contributed by atoms with E-state index < -0.39 is 11.6 Å². The molecule has 0 saturated heterocycles. The summed E-state index contributed by atoms with van der Waals surface area (Å²) in [4.78, 5) is 0. The van der Waals surface area contributed by atoms with E-state index in [0.29, 0.717) is 18.5 Å². The van der Waals surface area contributed by atoms with E-state index in [-0.39, 0.29) is 11.1 Å². The molecule has 1 unspecified atom stereocenters. The Morgan fingerprint density at radius 1 is 1.32 bits per heavy atom. The first-order chi connectivity index (χ1) is 9.11. The topological polar surface area (TPSA) is 12.0 Å². The summed E-state index contributed by atoms with van der Waals surface area (Å²) >= 11 is 7.16. The van der Waals surface area contributed by atoms with Gasteiger partial charge >= 0.3 is 0 Å². The van der Waals surface area contributed by atoms with E-state index in [0.717, 1.165) is 11.6 Å². The van der Waals surface area contributed by atoms with Gasteiger partial charge in [0.25, 0.3) is 0 Å². The lowest BCUT2D eigenvalue weighted by Crippen LogP contribution is -2.24. The van der Waals surface area contributed by atoms with E-state index in [1.54, 1.807) is 11.3 Å². The molecule has 0 amide bonds. The molecular weight excluding hydrogens is 288 g/mol. The molecule has 1 aromatic heterocycles. The lowest BCUT2D eigenvalue weighted by atomic mass is 9.99. The minimum absolute atomic E-state index is 0.188. The largest absolute Gasteiger partial charge is 0.310 e. The number of benzene rings is 1. The zero-order chi connectivity index (χ0) is 13.8. The molecule has 102 valence electrons. The zero-order valence-electron chi connectivity index (χ0n) is 10.4. The van der Waals surface area contributed by atoms with Crippen molar-refractivity contribution in [2.45, 2.75) is 19.4 Å². The van der Waals surface area contributed by atoms with Gasteiger partial charge < -0.3 is 5.32 Å². The van der Waals surface area contributed by atoms with Crippen molar-refractivity contribution in [2.24, 2.45) is 0 Å². The Bertz CT molecular complexity index is 543. The van der Waals surface area contributed by atoms with E-state index in [1.807, 2.05) is 23.8 Å². The van der Waals surface area contributed by atoms with Gasteiger partial charge in [0.2, 0.25) is 0 Å². The summed E-state index contributed by atoms with van der Waals surface area (Å²) in [6, 6.07) is 3.94. The Balaban J connectivity index is 2.30. The summed E-state index contributed by atoms with van der Waals surface area (Å²) in [5, 5.41) is 6.97. The van der Waals surface area contributed by atoms with Gasteiger partial charge in [0.15, 0.2) is 0 Å². The van der Waals surface area contributed by atoms with Crippen molar-refractivity contribution in [2.75, 3.05) is 6.54 Å². The standard InChI is InChI=1S/C14H14ClF2NS/c1-2-18-14(5-9-3-4-19-8-9)10-6-13(17)11(15)7-12(10)16/h3-4,6-8,14,18H,2,5H2,1H3. The molecule has 0 aliphatic carbocycles. The summed E-state index contributed by atoms with van der Waals surface area (Å²) in [5.74, 6) is -1.07. The average molecular weight is 302 g/mol. The third kappa shape index (κ3) is 3.53. The highest BCUT2D eigenvalue weighted by Crippen LogP contribution is 2.26. The first kappa shape index (κ1) is 14.4. The maximum Gasteiger partial charge on any atom is 0.142 e. The molecule has 0 aliphatic heterocycles. The minimum Gasteiger partial charge on any atom is -0.310 e. The fourth-order valence-electron chi connectivity index (χ4n) is 1.99. The molecule has 2 rings (SSSR count). The summed E-state index contributed by atoms with van der Waals surface area (Å²) in [7, 11) is 0. The number of likely N-dealkylation sites (N-methyl/N-ethyl adjacent to an activating group) is 1. The third-order valence-electron chi connectivity index (χ3n) is 2.89. The van der Waals surface area contributed by atoms with Crippen molar-refractivity contribution >= 4 is 22.9 Å². The summed E-state index contributed by atoms with van der Waals surface area (Å²) in [6.07, 6.45) is 0.620. The van der Waals surface area contributed by atoms with Crippen LogP contribution in [0.4, 0.5) is 8.78 Å². The minimum atomic E-state index is -0.591. The molecule has 2 aromatic rings. The molecule has 0 aliphatic rings. The van der Waals surface area contributed by atoms with Crippen LogP contribution in [0.1, 0.15) is 24.1 Å². The lowest BCUT2D eigenvalue weighted by Gasteiger charge is -2.19. The van der Waals surface area contributed by atoms with Crippen molar-refractivity contribution in [3.63, 3.8) is 0 Å². The molecule has 1 nitrogen and oxygen atoms in total. The van der Waals surface area contributed by atoms with Crippen LogP contribution in [0.25, 0.3) is 0 Å². The second-order valence-electron chi connectivity index (χ2n) is 4.23. The van der Waals surface area contributed by atoms with Gasteiger partial charge in [0, 0.05) is 11.6 Å². The van der Waals surface area contributed by atoms with Crippen molar-refractivity contribution in [1.29, 1.82) is 0 Å². The van der Waals surface area contributed by atoms with E-state index in [4.69, 9.17) is 11.6 Å². The van der Waals surface area contributed by atoms with Crippen LogP contribution in [0.2, 0.25) is 5.02 Å². The fourth-order valence-corrected chi connectivity index (χ4v) is 2.82. The van der Waals surface area contributed by atoms with Gasteiger partial charge in [-0.25, -0.2) is 8.78 Å². The quantitative estimate of drug-likeness (QED) is 0.798. The van der Waals surface area contributed by atoms with Crippen LogP contribution in [0.3, 0.4) is 0 Å². The van der Waals surface area contributed by atoms with Gasteiger partial charge in [0.1, 0.15) is 11.6 Å². The van der Waals surface area contributed by atoms with Crippen LogP contribution in [0.15, 0.2) is 29.0 Å². The predicted molar refractivity (Wildman–Crippen MR) is 75.8 cm³/mol. The molecular formula is C14H14ClF2NS. The maximum absolute atomic E-state index is 13.9. The van der Waals surface area contributed by atoms with Gasteiger partial charge in [0.05, 0.1) is 5.02 Å². The smallest absolute Gasteiger partial charge is 0.142 e. The Hall–Kier alpha value is -0.970. The molecule has 5 heteroatoms. The van der Waals surface area contributed by atoms with Crippen LogP contribution < -0.4 is 5.32 Å². The first-order valence-electron chi connectivity index (χ1n) is 6.00. The average Bonchev–Trinajstić information content (AvgIpc) is 2.86. The monoisotopic (exact) mass is 301 g/mol. The van der Waals surface area contributed by atoms with Gasteiger partial charge in [-0.3, -0.25) is 0 Å². The molecule has 1 atom stereocenters. The van der Waals surface area contributed by atoms with Gasteiger partial charge in [-0.05, 0) is 47.5 Å². The molecule has 0 spiro atoms. The Morgan fingerprint density at radius 2 is 2.11 bits per heavy atom. The molecule has 1 aromatic carbocycles. The molecule has 19 heavy (non-hydrogen) atoms. The molecule has 1 heterocycles. The van der Waals surface area contributed by atoms with E-state index in [9.17, 15) is 8.78 Å². The Morgan fingerprint density at radius 3 is 2.74 bits per heavy atom. The fraction of sp³-hybridized carbons (Fsp3) is 0.286. The van der Waals surface area contributed by atoms with Crippen molar-refractivity contribution in [1.82, 2.24) is 5.32 Å². The number of halogens is 3. The van der Waals surface area contributed by atoms with Crippen LogP contribution in [0.5, 0.6) is 0 Å². The normalized spacial score (nSPS) is 12.6. The Labute approximate surface area is 120 Å². The second-order valence-corrected chi connectivity index (χ2v) is 5.42. The number of hydrogen-bond acceptors (Lipinski definition) is 2. The van der Waals surface area contributed by atoms with E-state index >= 15 is 0 Å². The van der Waals surface area contributed by atoms with Crippen molar-refractivity contribution < 1.29 is 8.78 Å². The van der Waals surface area contributed by atoms with E-state index in [2.05, 4.69) is 5.32 Å². The summed E-state index contributed by atoms with van der Waals surface area (Å²) in [6.45, 7) is 2.61. The predicted octanol–water partition coefficient (Wildman–Crippen LogP) is 4.57. The number of hydrogen-bond donors (Lipinski definition) is 1. The second kappa shape index (κ2) is 6.46. The number of rotatable bonds is 5. The number of nitrogens with one attached hydrogen (secondary N) is 1.